The first-order valence-corrected chi connectivity index (χ1v) is 3.63. The van der Waals surface area contributed by atoms with Crippen LogP contribution in [0.2, 0.25) is 0 Å². The molecule has 0 aromatic carbocycles. The Morgan fingerprint density at radius 2 is 2.30 bits per heavy atom. The van der Waals surface area contributed by atoms with Crippen molar-refractivity contribution in [3.8, 4) is 0 Å². The van der Waals surface area contributed by atoms with Crippen molar-refractivity contribution in [1.29, 1.82) is 0 Å². The van der Waals surface area contributed by atoms with E-state index in [1.54, 1.807) is 0 Å². The largest absolute Gasteiger partial charge is 0.462 e. The van der Waals surface area contributed by atoms with Crippen molar-refractivity contribution in [3.05, 3.63) is 0 Å². The monoisotopic (exact) mass is 142 g/mol. The van der Waals surface area contributed by atoms with Crippen LogP contribution >= 0.6 is 0 Å². The summed E-state index contributed by atoms with van der Waals surface area (Å²) in [7, 11) is 0. The molecule has 1 N–H and O–H groups in total. The highest BCUT2D eigenvalue weighted by atomic mass is 16.6. The molecular formula is C7H10O3. The minimum atomic E-state index is -0.233. The molecule has 2 aliphatic rings. The molecule has 0 amide bonds. The molecule has 1 aliphatic heterocycles. The number of rotatable bonds is 0. The molecule has 0 unspecified atom stereocenters. The van der Waals surface area contributed by atoms with Crippen LogP contribution in [0.4, 0.5) is 0 Å². The van der Waals surface area contributed by atoms with Gasteiger partial charge >= 0.3 is 5.97 Å². The van der Waals surface area contributed by atoms with Gasteiger partial charge in [-0.3, -0.25) is 4.79 Å². The molecule has 3 nitrogen and oxygen atoms in total. The van der Waals surface area contributed by atoms with Gasteiger partial charge in [-0.15, -0.1) is 0 Å². The summed E-state index contributed by atoms with van der Waals surface area (Å²) >= 11 is 0. The smallest absolute Gasteiger partial charge is 0.306 e. The van der Waals surface area contributed by atoms with E-state index in [-0.39, 0.29) is 18.2 Å². The van der Waals surface area contributed by atoms with Gasteiger partial charge in [-0.2, -0.15) is 0 Å². The SMILES string of the molecule is O=C1C[C@H]2C[C@@H](O)C[C@H]2O1. The van der Waals surface area contributed by atoms with Crippen molar-refractivity contribution >= 4 is 5.97 Å². The number of hydrogen-bond acceptors (Lipinski definition) is 3. The predicted molar refractivity (Wildman–Crippen MR) is 33.2 cm³/mol. The highest BCUT2D eigenvalue weighted by Gasteiger charge is 2.42. The second kappa shape index (κ2) is 1.95. The lowest BCUT2D eigenvalue weighted by atomic mass is 10.1. The third-order valence-corrected chi connectivity index (χ3v) is 2.32. The molecule has 0 bridgehead atoms. The second-order valence-corrected chi connectivity index (χ2v) is 3.12. The van der Waals surface area contributed by atoms with Gasteiger partial charge in [0.1, 0.15) is 6.10 Å². The zero-order valence-corrected chi connectivity index (χ0v) is 5.62. The third kappa shape index (κ3) is 0.814. The van der Waals surface area contributed by atoms with Crippen LogP contribution < -0.4 is 0 Å². The maximum atomic E-state index is 10.7. The topological polar surface area (TPSA) is 46.5 Å². The molecule has 0 radical (unpaired) electrons. The van der Waals surface area contributed by atoms with Crippen LogP contribution in [0.3, 0.4) is 0 Å². The number of esters is 1. The fourth-order valence-electron chi connectivity index (χ4n) is 1.85. The van der Waals surface area contributed by atoms with Gasteiger partial charge in [-0.1, -0.05) is 0 Å². The quantitative estimate of drug-likeness (QED) is 0.487. The summed E-state index contributed by atoms with van der Waals surface area (Å²) < 4.78 is 4.96. The highest BCUT2D eigenvalue weighted by Crippen LogP contribution is 2.36. The van der Waals surface area contributed by atoms with E-state index in [2.05, 4.69) is 0 Å². The van der Waals surface area contributed by atoms with E-state index in [9.17, 15) is 4.79 Å². The Balaban J connectivity index is 2.06. The van der Waals surface area contributed by atoms with Crippen LogP contribution in [0.25, 0.3) is 0 Å². The highest BCUT2D eigenvalue weighted by molar-refractivity contribution is 5.72. The number of aliphatic hydroxyl groups excluding tert-OH is 1. The van der Waals surface area contributed by atoms with E-state index in [1.807, 2.05) is 0 Å². The standard InChI is InChI=1S/C7H10O3/c8-5-1-4-2-7(9)10-6(4)3-5/h4-6,8H,1-3H2/t4-,5-,6-/m1/s1. The zero-order valence-electron chi connectivity index (χ0n) is 5.62. The molecule has 56 valence electrons. The predicted octanol–water partition coefficient (Wildman–Crippen LogP) is 0.0728. The number of carbonyl (C=O) groups is 1. The average Bonchev–Trinajstić information content (AvgIpc) is 2.21. The molecule has 1 heterocycles. The molecule has 1 aliphatic carbocycles. The van der Waals surface area contributed by atoms with E-state index < -0.39 is 0 Å². The maximum Gasteiger partial charge on any atom is 0.306 e. The summed E-state index contributed by atoms with van der Waals surface area (Å²) in [4.78, 5) is 10.7. The maximum absolute atomic E-state index is 10.7. The Hall–Kier alpha value is -0.570. The van der Waals surface area contributed by atoms with Gasteiger partial charge in [-0.05, 0) is 6.42 Å². The number of hydrogen-bond donors (Lipinski definition) is 1. The van der Waals surface area contributed by atoms with Crippen LogP contribution in [0.15, 0.2) is 0 Å². The second-order valence-electron chi connectivity index (χ2n) is 3.12. The van der Waals surface area contributed by atoms with Gasteiger partial charge in [0.05, 0.1) is 12.5 Å². The van der Waals surface area contributed by atoms with Crippen molar-refractivity contribution in [1.82, 2.24) is 0 Å². The lowest BCUT2D eigenvalue weighted by Crippen LogP contribution is -2.09. The first-order valence-electron chi connectivity index (χ1n) is 3.63. The van der Waals surface area contributed by atoms with Gasteiger partial charge in [0.25, 0.3) is 0 Å². The van der Waals surface area contributed by atoms with Crippen LogP contribution in [-0.4, -0.2) is 23.3 Å². The Kier molecular flexibility index (Phi) is 1.20. The third-order valence-electron chi connectivity index (χ3n) is 2.32. The summed E-state index contributed by atoms with van der Waals surface area (Å²) in [6.45, 7) is 0. The number of carbonyl (C=O) groups excluding carboxylic acids is 1. The molecule has 1 saturated carbocycles. The Morgan fingerprint density at radius 3 is 3.00 bits per heavy atom. The molecule has 0 aromatic heterocycles. The van der Waals surface area contributed by atoms with Crippen LogP contribution in [0.5, 0.6) is 0 Å². The van der Waals surface area contributed by atoms with Crippen molar-refractivity contribution in [2.45, 2.75) is 31.5 Å². The van der Waals surface area contributed by atoms with Gasteiger partial charge in [-0.25, -0.2) is 0 Å². The Morgan fingerprint density at radius 1 is 1.50 bits per heavy atom. The molecule has 10 heavy (non-hydrogen) atoms. The van der Waals surface area contributed by atoms with E-state index in [0.717, 1.165) is 6.42 Å². The lowest BCUT2D eigenvalue weighted by molar-refractivity contribution is -0.141. The van der Waals surface area contributed by atoms with Crippen LogP contribution in [0.1, 0.15) is 19.3 Å². The van der Waals surface area contributed by atoms with Gasteiger partial charge in [0, 0.05) is 12.3 Å². The van der Waals surface area contributed by atoms with Gasteiger partial charge in [0.2, 0.25) is 0 Å². The van der Waals surface area contributed by atoms with E-state index >= 15 is 0 Å². The molecule has 0 aromatic rings. The molecule has 3 heteroatoms. The van der Waals surface area contributed by atoms with Crippen molar-refractivity contribution in [2.75, 3.05) is 0 Å². The summed E-state index contributed by atoms with van der Waals surface area (Å²) in [5.74, 6) is 0.212. The first-order chi connectivity index (χ1) is 4.75. The molecule has 1 saturated heterocycles. The van der Waals surface area contributed by atoms with Crippen molar-refractivity contribution in [2.24, 2.45) is 5.92 Å². The summed E-state index contributed by atoms with van der Waals surface area (Å²) in [5.41, 5.74) is 0. The molecular weight excluding hydrogens is 132 g/mol. The zero-order chi connectivity index (χ0) is 7.14. The number of ether oxygens (including phenoxy) is 1. The molecule has 0 spiro atoms. The van der Waals surface area contributed by atoms with E-state index in [4.69, 9.17) is 9.84 Å². The van der Waals surface area contributed by atoms with E-state index in [1.165, 1.54) is 0 Å². The van der Waals surface area contributed by atoms with Crippen molar-refractivity contribution < 1.29 is 14.6 Å². The minimum absolute atomic E-state index is 0.0301. The normalized spacial score (nSPS) is 45.3. The molecule has 3 atom stereocenters. The Bertz CT molecular complexity index is 150. The van der Waals surface area contributed by atoms with Crippen molar-refractivity contribution in [3.63, 3.8) is 0 Å². The van der Waals surface area contributed by atoms with Gasteiger partial charge < -0.3 is 9.84 Å². The number of aliphatic hydroxyl groups is 1. The van der Waals surface area contributed by atoms with Crippen LogP contribution in [-0.2, 0) is 9.53 Å². The average molecular weight is 142 g/mol. The molecule has 2 fully saturated rings. The number of fused-ring (bicyclic) bond motifs is 1. The first kappa shape index (κ1) is 6.16. The Labute approximate surface area is 59.0 Å². The summed E-state index contributed by atoms with van der Waals surface area (Å²) in [6, 6.07) is 0. The van der Waals surface area contributed by atoms with Gasteiger partial charge in [0.15, 0.2) is 0 Å². The fraction of sp³-hybridized carbons (Fsp3) is 0.857. The summed E-state index contributed by atoms with van der Waals surface area (Å²) in [5, 5.41) is 9.13. The van der Waals surface area contributed by atoms with Crippen LogP contribution in [0, 0.1) is 5.92 Å². The fourth-order valence-corrected chi connectivity index (χ4v) is 1.85. The minimum Gasteiger partial charge on any atom is -0.462 e. The summed E-state index contributed by atoms with van der Waals surface area (Å²) in [6.07, 6.45) is 1.71. The van der Waals surface area contributed by atoms with E-state index in [0.29, 0.717) is 18.8 Å². The molecule has 2 rings (SSSR count). The lowest BCUT2D eigenvalue weighted by Gasteiger charge is -2.03.